The first-order valence-electron chi connectivity index (χ1n) is 13.3. The van der Waals surface area contributed by atoms with E-state index in [2.05, 4.69) is 39.1 Å². The van der Waals surface area contributed by atoms with Crippen molar-refractivity contribution in [2.75, 3.05) is 52.9 Å². The lowest BCUT2D eigenvalue weighted by Crippen LogP contribution is -2.13. The maximum absolute atomic E-state index is 11.1. The molecule has 220 valence electrons. The molecule has 40 heavy (non-hydrogen) atoms. The van der Waals surface area contributed by atoms with Crippen LogP contribution in [0, 0.1) is 6.92 Å². The van der Waals surface area contributed by atoms with E-state index in [9.17, 15) is 9.59 Å². The molecule has 0 fully saturated rings. The van der Waals surface area contributed by atoms with Crippen molar-refractivity contribution in [3.63, 3.8) is 0 Å². The molecule has 2 aromatic carbocycles. The second-order valence-corrected chi connectivity index (χ2v) is 9.29. The molecule has 0 unspecified atom stereocenters. The van der Waals surface area contributed by atoms with Crippen LogP contribution in [0.15, 0.2) is 72.8 Å². The Balaban J connectivity index is 0.000000402. The molecule has 0 atom stereocenters. The number of esters is 2. The molecule has 0 spiro atoms. The standard InChI is InChI=1S/C17H24O4.C15H20O4/c1-13(2)15-5-7-16(8-6-15)20-11-9-19-10-12-21-17(18)14(3)4;1-12(2)15(16)19-11-9-17-8-10-18-14-6-4-13(3)5-7-14/h5-8,13H,3,9-12H2,1-2,4H3;4-7H,1,8-11H2,2-3H3. The van der Waals surface area contributed by atoms with Crippen LogP contribution in [0.25, 0.3) is 0 Å². The molecule has 0 bridgehead atoms. The van der Waals surface area contributed by atoms with Crippen molar-refractivity contribution in [1.82, 2.24) is 0 Å². The molecule has 8 heteroatoms. The van der Waals surface area contributed by atoms with Crippen LogP contribution >= 0.6 is 0 Å². The summed E-state index contributed by atoms with van der Waals surface area (Å²) in [4.78, 5) is 22.1. The topological polar surface area (TPSA) is 89.5 Å². The Morgan fingerprint density at radius 2 is 1.00 bits per heavy atom. The molecule has 0 aliphatic heterocycles. The SMILES string of the molecule is C=C(C)C(=O)OCCOCCOc1ccc(C(C)C)cc1.C=C(C)C(=O)OCCOCCOc1ccc(C)cc1. The normalized spacial score (nSPS) is 10.2. The van der Waals surface area contributed by atoms with Crippen molar-refractivity contribution >= 4 is 11.9 Å². The van der Waals surface area contributed by atoms with Crippen LogP contribution in [0.5, 0.6) is 11.5 Å². The number of carbonyl (C=O) groups is 2. The number of carbonyl (C=O) groups excluding carboxylic acids is 2. The minimum absolute atomic E-state index is 0.231. The summed E-state index contributed by atoms with van der Waals surface area (Å²) in [5, 5.41) is 0. The fourth-order valence-corrected chi connectivity index (χ4v) is 2.86. The lowest BCUT2D eigenvalue weighted by Gasteiger charge is -2.09. The van der Waals surface area contributed by atoms with E-state index in [1.807, 2.05) is 43.3 Å². The maximum atomic E-state index is 11.1. The second-order valence-electron chi connectivity index (χ2n) is 9.29. The van der Waals surface area contributed by atoms with Crippen LogP contribution in [0.4, 0.5) is 0 Å². The summed E-state index contributed by atoms with van der Waals surface area (Å²) in [7, 11) is 0. The molecule has 0 amide bonds. The van der Waals surface area contributed by atoms with Gasteiger partial charge in [0.1, 0.15) is 37.9 Å². The Morgan fingerprint density at radius 1 is 0.625 bits per heavy atom. The van der Waals surface area contributed by atoms with Gasteiger partial charge in [-0.2, -0.15) is 0 Å². The van der Waals surface area contributed by atoms with Gasteiger partial charge in [-0.3, -0.25) is 0 Å². The van der Waals surface area contributed by atoms with Crippen LogP contribution in [-0.2, 0) is 28.5 Å². The average Bonchev–Trinajstić information content (AvgIpc) is 2.93. The van der Waals surface area contributed by atoms with Gasteiger partial charge in [0.15, 0.2) is 0 Å². The molecule has 0 saturated heterocycles. The highest BCUT2D eigenvalue weighted by molar-refractivity contribution is 5.87. The van der Waals surface area contributed by atoms with Crippen molar-refractivity contribution in [2.24, 2.45) is 0 Å². The van der Waals surface area contributed by atoms with E-state index < -0.39 is 0 Å². The van der Waals surface area contributed by atoms with Crippen LogP contribution < -0.4 is 9.47 Å². The monoisotopic (exact) mass is 556 g/mol. The lowest BCUT2D eigenvalue weighted by molar-refractivity contribution is -0.141. The third kappa shape index (κ3) is 16.4. The molecular weight excluding hydrogens is 512 g/mol. The first kappa shape index (κ1) is 34.4. The van der Waals surface area contributed by atoms with Gasteiger partial charge in [-0.15, -0.1) is 0 Å². The minimum atomic E-state index is -0.389. The molecule has 0 aliphatic rings. The van der Waals surface area contributed by atoms with Gasteiger partial charge in [0.05, 0.1) is 26.4 Å². The van der Waals surface area contributed by atoms with E-state index in [4.69, 9.17) is 28.4 Å². The summed E-state index contributed by atoms with van der Waals surface area (Å²) in [5.74, 6) is 1.39. The van der Waals surface area contributed by atoms with E-state index in [0.29, 0.717) is 56.7 Å². The number of rotatable bonds is 17. The Kier molecular flexibility index (Phi) is 17.5. The summed E-state index contributed by atoms with van der Waals surface area (Å²) in [6.45, 7) is 19.6. The quantitative estimate of drug-likeness (QED) is 0.137. The molecule has 0 radical (unpaired) electrons. The molecule has 2 rings (SSSR count). The van der Waals surface area contributed by atoms with Gasteiger partial charge in [-0.05, 0) is 56.5 Å². The van der Waals surface area contributed by atoms with Crippen LogP contribution in [-0.4, -0.2) is 64.8 Å². The number of benzene rings is 2. The predicted octanol–water partition coefficient (Wildman–Crippen LogP) is 5.83. The number of ether oxygens (including phenoxy) is 6. The lowest BCUT2D eigenvalue weighted by atomic mass is 10.0. The van der Waals surface area contributed by atoms with Gasteiger partial charge in [-0.1, -0.05) is 56.8 Å². The number of aryl methyl sites for hydroxylation is 1. The fourth-order valence-electron chi connectivity index (χ4n) is 2.86. The van der Waals surface area contributed by atoms with E-state index in [0.717, 1.165) is 11.5 Å². The first-order valence-corrected chi connectivity index (χ1v) is 13.3. The van der Waals surface area contributed by atoms with Crippen molar-refractivity contribution in [3.05, 3.63) is 84.0 Å². The minimum Gasteiger partial charge on any atom is -0.491 e. The highest BCUT2D eigenvalue weighted by Gasteiger charge is 2.03. The van der Waals surface area contributed by atoms with Gasteiger partial charge in [0.2, 0.25) is 0 Å². The van der Waals surface area contributed by atoms with Gasteiger partial charge < -0.3 is 28.4 Å². The van der Waals surface area contributed by atoms with E-state index in [-0.39, 0.29) is 25.2 Å². The van der Waals surface area contributed by atoms with Gasteiger partial charge in [0.25, 0.3) is 0 Å². The van der Waals surface area contributed by atoms with Crippen molar-refractivity contribution in [3.8, 4) is 11.5 Å². The molecule has 0 N–H and O–H groups in total. The Hall–Kier alpha value is -3.62. The maximum Gasteiger partial charge on any atom is 0.333 e. The van der Waals surface area contributed by atoms with E-state index in [1.54, 1.807) is 13.8 Å². The zero-order valence-corrected chi connectivity index (χ0v) is 24.5. The zero-order chi connectivity index (χ0) is 29.8. The third-order valence-corrected chi connectivity index (χ3v) is 5.18. The van der Waals surface area contributed by atoms with Crippen molar-refractivity contribution < 1.29 is 38.0 Å². The summed E-state index contributed by atoms with van der Waals surface area (Å²) in [5.41, 5.74) is 3.27. The van der Waals surface area contributed by atoms with Crippen molar-refractivity contribution in [2.45, 2.75) is 40.5 Å². The molecule has 0 heterocycles. The molecular formula is C32H44O8. The molecule has 0 saturated carbocycles. The van der Waals surface area contributed by atoms with Crippen LogP contribution in [0.1, 0.15) is 44.7 Å². The first-order chi connectivity index (χ1) is 19.1. The molecule has 2 aromatic rings. The smallest absolute Gasteiger partial charge is 0.333 e. The largest absolute Gasteiger partial charge is 0.491 e. The van der Waals surface area contributed by atoms with Crippen LogP contribution in [0.3, 0.4) is 0 Å². The number of hydrogen-bond donors (Lipinski definition) is 0. The third-order valence-electron chi connectivity index (χ3n) is 5.18. The second kappa shape index (κ2) is 20.3. The summed E-state index contributed by atoms with van der Waals surface area (Å²) in [6, 6.07) is 15.9. The Labute approximate surface area is 238 Å². The average molecular weight is 557 g/mol. The fraction of sp³-hybridized carbons (Fsp3) is 0.438. The van der Waals surface area contributed by atoms with Crippen LogP contribution in [0.2, 0.25) is 0 Å². The van der Waals surface area contributed by atoms with Gasteiger partial charge >= 0.3 is 11.9 Å². The van der Waals surface area contributed by atoms with E-state index in [1.165, 1.54) is 11.1 Å². The highest BCUT2D eigenvalue weighted by Crippen LogP contribution is 2.18. The van der Waals surface area contributed by atoms with Crippen molar-refractivity contribution in [1.29, 1.82) is 0 Å². The van der Waals surface area contributed by atoms with Gasteiger partial charge in [-0.25, -0.2) is 9.59 Å². The number of hydrogen-bond acceptors (Lipinski definition) is 8. The summed E-state index contributed by atoms with van der Waals surface area (Å²) in [6.07, 6.45) is 0. The van der Waals surface area contributed by atoms with Gasteiger partial charge in [0, 0.05) is 11.1 Å². The Morgan fingerprint density at radius 3 is 1.38 bits per heavy atom. The zero-order valence-electron chi connectivity index (χ0n) is 24.5. The predicted molar refractivity (Wildman–Crippen MR) is 156 cm³/mol. The molecule has 8 nitrogen and oxygen atoms in total. The summed E-state index contributed by atoms with van der Waals surface area (Å²) >= 11 is 0. The van der Waals surface area contributed by atoms with E-state index >= 15 is 0 Å². The molecule has 0 aromatic heterocycles. The highest BCUT2D eigenvalue weighted by atomic mass is 16.6. The molecule has 0 aliphatic carbocycles. The Bertz CT molecular complexity index is 1030. The summed E-state index contributed by atoms with van der Waals surface area (Å²) < 4.78 is 31.4.